The van der Waals surface area contributed by atoms with Gasteiger partial charge in [0.15, 0.2) is 0 Å². The van der Waals surface area contributed by atoms with E-state index in [0.29, 0.717) is 0 Å². The standard InChI is InChI=1S/C12H19N3/c1-10-8-13-5-4-11(10)15-7-6-14-12(2,3)9-15/h4-5,8,14H,6-7,9H2,1-3H3. The molecule has 3 nitrogen and oxygen atoms in total. The lowest BCUT2D eigenvalue weighted by Crippen LogP contribution is -2.57. The summed E-state index contributed by atoms with van der Waals surface area (Å²) in [5.41, 5.74) is 2.78. The highest BCUT2D eigenvalue weighted by molar-refractivity contribution is 5.52. The van der Waals surface area contributed by atoms with Crippen LogP contribution in [-0.2, 0) is 0 Å². The second-order valence-electron chi connectivity index (χ2n) is 4.89. The summed E-state index contributed by atoms with van der Waals surface area (Å²) in [6.45, 7) is 9.80. The van der Waals surface area contributed by atoms with Gasteiger partial charge in [-0.15, -0.1) is 0 Å². The van der Waals surface area contributed by atoms with E-state index in [0.717, 1.165) is 19.6 Å². The summed E-state index contributed by atoms with van der Waals surface area (Å²) in [4.78, 5) is 6.57. The fourth-order valence-corrected chi connectivity index (χ4v) is 2.17. The number of pyridine rings is 1. The minimum atomic E-state index is 0.202. The van der Waals surface area contributed by atoms with Crippen molar-refractivity contribution in [3.05, 3.63) is 24.0 Å². The summed E-state index contributed by atoms with van der Waals surface area (Å²) in [6, 6.07) is 2.11. The minimum Gasteiger partial charge on any atom is -0.368 e. The molecule has 0 radical (unpaired) electrons. The maximum absolute atomic E-state index is 4.13. The summed E-state index contributed by atoms with van der Waals surface area (Å²) in [6.07, 6.45) is 3.81. The molecule has 2 rings (SSSR count). The zero-order valence-corrected chi connectivity index (χ0v) is 9.75. The molecule has 1 N–H and O–H groups in total. The third kappa shape index (κ3) is 2.29. The average Bonchev–Trinajstić information content (AvgIpc) is 2.17. The van der Waals surface area contributed by atoms with Gasteiger partial charge in [-0.1, -0.05) is 0 Å². The zero-order chi connectivity index (χ0) is 10.9. The Morgan fingerprint density at radius 3 is 2.93 bits per heavy atom. The number of nitrogens with one attached hydrogen (secondary N) is 1. The van der Waals surface area contributed by atoms with Crippen molar-refractivity contribution in [1.82, 2.24) is 10.3 Å². The van der Waals surface area contributed by atoms with Crippen molar-refractivity contribution < 1.29 is 0 Å². The molecule has 0 bridgehead atoms. The number of nitrogens with zero attached hydrogens (tertiary/aromatic N) is 2. The Balaban J connectivity index is 2.21. The van der Waals surface area contributed by atoms with E-state index in [4.69, 9.17) is 0 Å². The lowest BCUT2D eigenvalue weighted by Gasteiger charge is -2.40. The van der Waals surface area contributed by atoms with Crippen LogP contribution in [0, 0.1) is 6.92 Å². The Labute approximate surface area is 91.5 Å². The van der Waals surface area contributed by atoms with Gasteiger partial charge in [-0.2, -0.15) is 0 Å². The maximum atomic E-state index is 4.13. The van der Waals surface area contributed by atoms with E-state index in [9.17, 15) is 0 Å². The van der Waals surface area contributed by atoms with Gasteiger partial charge in [-0.25, -0.2) is 0 Å². The van der Waals surface area contributed by atoms with E-state index in [1.807, 2.05) is 12.4 Å². The molecular formula is C12H19N3. The van der Waals surface area contributed by atoms with E-state index >= 15 is 0 Å². The van der Waals surface area contributed by atoms with Crippen molar-refractivity contribution >= 4 is 5.69 Å². The number of aromatic nitrogens is 1. The number of hydrogen-bond acceptors (Lipinski definition) is 3. The highest BCUT2D eigenvalue weighted by Gasteiger charge is 2.26. The summed E-state index contributed by atoms with van der Waals surface area (Å²) >= 11 is 0. The monoisotopic (exact) mass is 205 g/mol. The van der Waals surface area contributed by atoms with Gasteiger partial charge in [0.1, 0.15) is 0 Å². The van der Waals surface area contributed by atoms with Crippen LogP contribution in [0.5, 0.6) is 0 Å². The molecule has 0 spiro atoms. The van der Waals surface area contributed by atoms with E-state index in [1.165, 1.54) is 11.3 Å². The SMILES string of the molecule is Cc1cnccc1N1CCNC(C)(C)C1. The number of aryl methyl sites for hydroxylation is 1. The van der Waals surface area contributed by atoms with Crippen LogP contribution < -0.4 is 10.2 Å². The molecule has 82 valence electrons. The Morgan fingerprint density at radius 2 is 2.27 bits per heavy atom. The predicted molar refractivity (Wildman–Crippen MR) is 63.3 cm³/mol. The first-order valence-electron chi connectivity index (χ1n) is 5.49. The zero-order valence-electron chi connectivity index (χ0n) is 9.75. The Bertz CT molecular complexity index is 346. The molecule has 3 heteroatoms. The first-order valence-corrected chi connectivity index (χ1v) is 5.49. The Hall–Kier alpha value is -1.09. The fourth-order valence-electron chi connectivity index (χ4n) is 2.17. The van der Waals surface area contributed by atoms with Crippen molar-refractivity contribution in [2.24, 2.45) is 0 Å². The number of anilines is 1. The van der Waals surface area contributed by atoms with Gasteiger partial charge in [0.25, 0.3) is 0 Å². The van der Waals surface area contributed by atoms with E-state index < -0.39 is 0 Å². The molecule has 0 atom stereocenters. The van der Waals surface area contributed by atoms with Crippen LogP contribution in [0.25, 0.3) is 0 Å². The molecule has 1 aromatic heterocycles. The number of piperazine rings is 1. The Morgan fingerprint density at radius 1 is 1.47 bits per heavy atom. The second kappa shape index (κ2) is 3.81. The van der Waals surface area contributed by atoms with Gasteiger partial charge in [-0.05, 0) is 32.4 Å². The summed E-state index contributed by atoms with van der Waals surface area (Å²) < 4.78 is 0. The predicted octanol–water partition coefficient (Wildman–Crippen LogP) is 1.58. The molecule has 1 fully saturated rings. The van der Waals surface area contributed by atoms with E-state index in [1.54, 1.807) is 0 Å². The molecule has 1 saturated heterocycles. The first-order chi connectivity index (χ1) is 7.08. The normalized spacial score (nSPS) is 20.3. The smallest absolute Gasteiger partial charge is 0.0427 e. The van der Waals surface area contributed by atoms with E-state index in [-0.39, 0.29) is 5.54 Å². The largest absolute Gasteiger partial charge is 0.368 e. The molecule has 2 heterocycles. The molecule has 0 saturated carbocycles. The highest BCUT2D eigenvalue weighted by Crippen LogP contribution is 2.22. The molecule has 1 aromatic rings. The second-order valence-corrected chi connectivity index (χ2v) is 4.89. The summed E-state index contributed by atoms with van der Waals surface area (Å²) in [7, 11) is 0. The van der Waals surface area contributed by atoms with Crippen LogP contribution in [0.2, 0.25) is 0 Å². The van der Waals surface area contributed by atoms with Crippen molar-refractivity contribution in [2.45, 2.75) is 26.3 Å². The van der Waals surface area contributed by atoms with Crippen LogP contribution >= 0.6 is 0 Å². The fraction of sp³-hybridized carbons (Fsp3) is 0.583. The lowest BCUT2D eigenvalue weighted by molar-refractivity contribution is 0.353. The lowest BCUT2D eigenvalue weighted by atomic mass is 10.0. The minimum absolute atomic E-state index is 0.202. The average molecular weight is 205 g/mol. The molecule has 0 amide bonds. The molecule has 15 heavy (non-hydrogen) atoms. The quantitative estimate of drug-likeness (QED) is 0.754. The Kier molecular flexibility index (Phi) is 2.65. The van der Waals surface area contributed by atoms with Gasteiger partial charge in [-0.3, -0.25) is 4.98 Å². The summed E-state index contributed by atoms with van der Waals surface area (Å²) in [5, 5.41) is 3.52. The third-order valence-electron chi connectivity index (χ3n) is 2.90. The molecule has 0 aromatic carbocycles. The first kappa shape index (κ1) is 10.4. The number of hydrogen-bond donors (Lipinski definition) is 1. The summed E-state index contributed by atoms with van der Waals surface area (Å²) in [5.74, 6) is 0. The van der Waals surface area contributed by atoms with Gasteiger partial charge in [0, 0.05) is 43.3 Å². The molecule has 0 unspecified atom stereocenters. The van der Waals surface area contributed by atoms with Crippen molar-refractivity contribution in [3.63, 3.8) is 0 Å². The number of rotatable bonds is 1. The van der Waals surface area contributed by atoms with Gasteiger partial charge < -0.3 is 10.2 Å². The van der Waals surface area contributed by atoms with Crippen LogP contribution in [0.4, 0.5) is 5.69 Å². The van der Waals surface area contributed by atoms with Crippen LogP contribution in [0.3, 0.4) is 0 Å². The topological polar surface area (TPSA) is 28.2 Å². The van der Waals surface area contributed by atoms with Crippen molar-refractivity contribution in [2.75, 3.05) is 24.5 Å². The highest BCUT2D eigenvalue weighted by atomic mass is 15.2. The molecular weight excluding hydrogens is 186 g/mol. The molecule has 1 aliphatic heterocycles. The van der Waals surface area contributed by atoms with Gasteiger partial charge >= 0.3 is 0 Å². The van der Waals surface area contributed by atoms with Crippen LogP contribution in [0.1, 0.15) is 19.4 Å². The van der Waals surface area contributed by atoms with Gasteiger partial charge in [0.2, 0.25) is 0 Å². The third-order valence-corrected chi connectivity index (χ3v) is 2.90. The molecule has 1 aliphatic rings. The maximum Gasteiger partial charge on any atom is 0.0427 e. The van der Waals surface area contributed by atoms with Crippen LogP contribution in [0.15, 0.2) is 18.5 Å². The van der Waals surface area contributed by atoms with Gasteiger partial charge in [0.05, 0.1) is 0 Å². The van der Waals surface area contributed by atoms with E-state index in [2.05, 4.69) is 42.0 Å². The van der Waals surface area contributed by atoms with Crippen LogP contribution in [-0.4, -0.2) is 30.2 Å². The van der Waals surface area contributed by atoms with Crippen molar-refractivity contribution in [1.29, 1.82) is 0 Å². The molecule has 0 aliphatic carbocycles. The van der Waals surface area contributed by atoms with Crippen molar-refractivity contribution in [3.8, 4) is 0 Å².